The first-order chi connectivity index (χ1) is 33.7. The molecule has 0 aliphatic heterocycles. The normalized spacial score (nSPS) is 11.5. The highest BCUT2D eigenvalue weighted by Gasteiger charge is 2.22. The van der Waals surface area contributed by atoms with Crippen LogP contribution in [0.5, 0.6) is 0 Å². The van der Waals surface area contributed by atoms with Gasteiger partial charge in [-0.3, -0.25) is 0 Å². The van der Waals surface area contributed by atoms with Crippen LogP contribution < -0.4 is 4.90 Å². The van der Waals surface area contributed by atoms with Gasteiger partial charge in [-0.15, -0.1) is 0 Å². The molecule has 13 aromatic rings. The van der Waals surface area contributed by atoms with Crippen molar-refractivity contribution in [3.05, 3.63) is 261 Å². The van der Waals surface area contributed by atoms with Gasteiger partial charge in [0, 0.05) is 33.1 Å². The van der Waals surface area contributed by atoms with Crippen molar-refractivity contribution in [3.63, 3.8) is 0 Å². The number of benzene rings is 12. The van der Waals surface area contributed by atoms with Crippen molar-refractivity contribution in [2.24, 2.45) is 0 Å². The fourth-order valence-electron chi connectivity index (χ4n) is 10.5. The Balaban J connectivity index is 0.973. The molecule has 1 aromatic heterocycles. The summed E-state index contributed by atoms with van der Waals surface area (Å²) < 4.78 is 6.64. The van der Waals surface area contributed by atoms with Crippen molar-refractivity contribution in [1.29, 1.82) is 0 Å². The minimum Gasteiger partial charge on any atom is -0.455 e. The van der Waals surface area contributed by atoms with Gasteiger partial charge in [0.1, 0.15) is 11.2 Å². The van der Waals surface area contributed by atoms with Crippen LogP contribution >= 0.6 is 0 Å². The Labute approximate surface area is 395 Å². The molecule has 12 aromatic carbocycles. The summed E-state index contributed by atoms with van der Waals surface area (Å²) in [6, 6.07) is 94.4. The van der Waals surface area contributed by atoms with Crippen molar-refractivity contribution < 1.29 is 4.42 Å². The van der Waals surface area contributed by atoms with Gasteiger partial charge in [-0.25, -0.2) is 0 Å². The monoisotopic (exact) mass is 865 g/mol. The molecule has 0 aliphatic carbocycles. The van der Waals surface area contributed by atoms with Gasteiger partial charge in [0.05, 0.1) is 5.69 Å². The van der Waals surface area contributed by atoms with Crippen LogP contribution in [0, 0.1) is 0 Å². The SMILES string of the molecule is c1ccc(-c2ccccc2N(c2ccc(-c3ccc4c(c3)c(-c3ccccc3)c(-c3ccccc3)c3ccccc34)cc2)c2cccc(-c3cccc4oc5c6ccccc6ccc5c34)c2)cc1. The predicted octanol–water partition coefficient (Wildman–Crippen LogP) is 18.9. The Morgan fingerprint density at radius 1 is 0.279 bits per heavy atom. The van der Waals surface area contributed by atoms with Crippen LogP contribution in [0.1, 0.15) is 0 Å². The van der Waals surface area contributed by atoms with Gasteiger partial charge >= 0.3 is 0 Å². The first kappa shape index (κ1) is 39.4. The van der Waals surface area contributed by atoms with Gasteiger partial charge in [-0.05, 0) is 126 Å². The number of rotatable bonds is 8. The van der Waals surface area contributed by atoms with Crippen LogP contribution in [0.4, 0.5) is 17.1 Å². The van der Waals surface area contributed by atoms with Gasteiger partial charge in [0.15, 0.2) is 0 Å². The second-order valence-electron chi connectivity index (χ2n) is 17.5. The lowest BCUT2D eigenvalue weighted by Crippen LogP contribution is -2.11. The van der Waals surface area contributed by atoms with E-state index in [2.05, 4.69) is 266 Å². The maximum absolute atomic E-state index is 6.64. The first-order valence-electron chi connectivity index (χ1n) is 23.3. The summed E-state index contributed by atoms with van der Waals surface area (Å²) in [6.45, 7) is 0. The molecule has 13 rings (SSSR count). The van der Waals surface area contributed by atoms with E-state index in [1.165, 1.54) is 54.7 Å². The molecule has 0 unspecified atom stereocenters. The number of nitrogens with zero attached hydrogens (tertiary/aromatic N) is 1. The van der Waals surface area contributed by atoms with Crippen LogP contribution in [0.3, 0.4) is 0 Å². The molecule has 0 spiro atoms. The molecule has 0 radical (unpaired) electrons. The molecule has 0 atom stereocenters. The van der Waals surface area contributed by atoms with E-state index in [0.717, 1.165) is 72.2 Å². The minimum atomic E-state index is 0.884. The van der Waals surface area contributed by atoms with Crippen molar-refractivity contribution >= 4 is 71.3 Å². The van der Waals surface area contributed by atoms with Crippen molar-refractivity contribution in [2.75, 3.05) is 4.90 Å². The molecule has 0 saturated carbocycles. The lowest BCUT2D eigenvalue weighted by atomic mass is 9.84. The molecule has 0 aliphatic rings. The molecular weight excluding hydrogens is 823 g/mol. The van der Waals surface area contributed by atoms with E-state index >= 15 is 0 Å². The number of anilines is 3. The number of para-hydroxylation sites is 1. The van der Waals surface area contributed by atoms with E-state index in [-0.39, 0.29) is 0 Å². The Bertz CT molecular complexity index is 4000. The maximum Gasteiger partial charge on any atom is 0.143 e. The lowest BCUT2D eigenvalue weighted by molar-refractivity contribution is 0.673. The summed E-state index contributed by atoms with van der Waals surface area (Å²) in [4.78, 5) is 2.41. The van der Waals surface area contributed by atoms with Crippen LogP contribution in [0.25, 0.3) is 110 Å². The average Bonchev–Trinajstić information content (AvgIpc) is 3.81. The van der Waals surface area contributed by atoms with Gasteiger partial charge in [0.25, 0.3) is 0 Å². The second-order valence-corrected chi connectivity index (χ2v) is 17.5. The van der Waals surface area contributed by atoms with E-state index < -0.39 is 0 Å². The zero-order valence-electron chi connectivity index (χ0n) is 37.2. The molecule has 0 fully saturated rings. The number of hydrogen-bond acceptors (Lipinski definition) is 2. The third-order valence-corrected chi connectivity index (χ3v) is 13.6. The van der Waals surface area contributed by atoms with E-state index in [9.17, 15) is 0 Å². The Hall–Kier alpha value is -8.98. The molecule has 2 nitrogen and oxygen atoms in total. The Kier molecular flexibility index (Phi) is 9.54. The van der Waals surface area contributed by atoms with E-state index in [1.54, 1.807) is 0 Å². The van der Waals surface area contributed by atoms with Crippen molar-refractivity contribution in [2.45, 2.75) is 0 Å². The van der Waals surface area contributed by atoms with Crippen molar-refractivity contribution in [1.82, 2.24) is 0 Å². The predicted molar refractivity (Wildman–Crippen MR) is 288 cm³/mol. The van der Waals surface area contributed by atoms with Gasteiger partial charge < -0.3 is 9.32 Å². The zero-order chi connectivity index (χ0) is 45.0. The summed E-state index contributed by atoms with van der Waals surface area (Å²) in [5, 5.41) is 9.53. The Morgan fingerprint density at radius 3 is 1.60 bits per heavy atom. The average molecular weight is 866 g/mol. The lowest BCUT2D eigenvalue weighted by Gasteiger charge is -2.28. The second kappa shape index (κ2) is 16.5. The highest BCUT2D eigenvalue weighted by Crippen LogP contribution is 2.47. The van der Waals surface area contributed by atoms with Gasteiger partial charge in [-0.2, -0.15) is 0 Å². The summed E-state index contributed by atoms with van der Waals surface area (Å²) in [6.07, 6.45) is 0. The first-order valence-corrected chi connectivity index (χ1v) is 23.3. The maximum atomic E-state index is 6.64. The zero-order valence-corrected chi connectivity index (χ0v) is 37.2. The van der Waals surface area contributed by atoms with E-state index in [0.29, 0.717) is 0 Å². The quantitative estimate of drug-likeness (QED) is 0.142. The fourth-order valence-corrected chi connectivity index (χ4v) is 10.5. The fraction of sp³-hybridized carbons (Fsp3) is 0. The summed E-state index contributed by atoms with van der Waals surface area (Å²) in [7, 11) is 0. The summed E-state index contributed by atoms with van der Waals surface area (Å²) in [5.74, 6) is 0. The van der Waals surface area contributed by atoms with E-state index in [4.69, 9.17) is 4.42 Å². The molecule has 318 valence electrons. The number of hydrogen-bond donors (Lipinski definition) is 0. The third-order valence-electron chi connectivity index (χ3n) is 13.6. The minimum absolute atomic E-state index is 0.884. The third kappa shape index (κ3) is 6.65. The topological polar surface area (TPSA) is 16.4 Å². The highest BCUT2D eigenvalue weighted by molar-refractivity contribution is 6.22. The van der Waals surface area contributed by atoms with Crippen LogP contribution in [0.15, 0.2) is 265 Å². The molecule has 0 amide bonds. The number of fused-ring (bicyclic) bond motifs is 8. The van der Waals surface area contributed by atoms with Crippen LogP contribution in [-0.4, -0.2) is 0 Å². The molecule has 0 bridgehead atoms. The van der Waals surface area contributed by atoms with Gasteiger partial charge in [0.2, 0.25) is 0 Å². The molecule has 68 heavy (non-hydrogen) atoms. The standard InChI is InChI=1S/C66H43NO/c1-4-18-45(19-5-1)53-27-14-15-32-61(53)67(52-26-16-25-50(42-52)54-31-17-33-62-65(54)59-41-36-46-20-10-11-28-55(46)66(59)68-62)51-38-34-44(35-39-51)49-37-40-57-56-29-12-13-30-58(56)63(47-21-6-2-7-22-47)64(60(57)43-49)48-23-8-3-9-24-48/h1-43H. The molecule has 0 N–H and O–H groups in total. The largest absolute Gasteiger partial charge is 0.455 e. The highest BCUT2D eigenvalue weighted by atomic mass is 16.3. The molecular formula is C66H43NO. The number of furan rings is 1. The van der Waals surface area contributed by atoms with Crippen LogP contribution in [-0.2, 0) is 0 Å². The molecule has 2 heteroatoms. The summed E-state index contributed by atoms with van der Waals surface area (Å²) >= 11 is 0. The van der Waals surface area contributed by atoms with Crippen LogP contribution in [0.2, 0.25) is 0 Å². The summed E-state index contributed by atoms with van der Waals surface area (Å²) in [5.41, 5.74) is 16.9. The van der Waals surface area contributed by atoms with Gasteiger partial charge in [-0.1, -0.05) is 212 Å². The molecule has 1 heterocycles. The Morgan fingerprint density at radius 2 is 0.838 bits per heavy atom. The van der Waals surface area contributed by atoms with E-state index in [1.807, 2.05) is 0 Å². The smallest absolute Gasteiger partial charge is 0.143 e. The molecule has 0 saturated heterocycles. The van der Waals surface area contributed by atoms with Crippen molar-refractivity contribution in [3.8, 4) is 55.6 Å².